The fraction of sp³-hybridized carbons (Fsp3) is 0.348. The molecule has 3 aliphatic rings. The van der Waals surface area contributed by atoms with Gasteiger partial charge in [0.15, 0.2) is 0 Å². The Morgan fingerprint density at radius 1 is 0.966 bits per heavy atom. The number of aromatic nitrogens is 2. The van der Waals surface area contributed by atoms with Gasteiger partial charge in [0.2, 0.25) is 11.5 Å². The molecule has 2 amide bonds. The highest BCUT2D eigenvalue weighted by molar-refractivity contribution is 5.91. The molecule has 2 aromatic heterocycles. The van der Waals surface area contributed by atoms with E-state index in [0.29, 0.717) is 37.3 Å². The van der Waals surface area contributed by atoms with Gasteiger partial charge < -0.3 is 35.1 Å². The fourth-order valence-corrected chi connectivity index (χ4v) is 8.54. The Kier molecular flexibility index (Phi) is 10.8. The first kappa shape index (κ1) is 39.5. The van der Waals surface area contributed by atoms with Crippen LogP contribution in [-0.4, -0.2) is 58.7 Å². The number of cyclic esters (lactones) is 1. The Labute approximate surface area is 341 Å². The molecule has 4 heterocycles. The molecular formula is C46H47N5O8. The number of nitrogens with one attached hydrogen (secondary N) is 2. The summed E-state index contributed by atoms with van der Waals surface area (Å²) in [6.45, 7) is 5.73. The van der Waals surface area contributed by atoms with E-state index >= 15 is 0 Å². The van der Waals surface area contributed by atoms with Crippen LogP contribution in [0.3, 0.4) is 0 Å². The smallest absolute Gasteiger partial charge is 0.407 e. The van der Waals surface area contributed by atoms with Crippen LogP contribution in [0.5, 0.6) is 0 Å². The van der Waals surface area contributed by atoms with Crippen LogP contribution < -0.4 is 21.9 Å². The van der Waals surface area contributed by atoms with Gasteiger partial charge in [0.05, 0.1) is 35.1 Å². The van der Waals surface area contributed by atoms with Crippen molar-refractivity contribution in [3.05, 3.63) is 123 Å². The van der Waals surface area contributed by atoms with E-state index in [0.717, 1.165) is 38.7 Å². The molecular weight excluding hydrogens is 751 g/mol. The standard InChI is InChI=1S/C46H47N5O8/c1-4-46(35-22-38-40-28(21-27-13-5-10-19-37(27)49-40)23-51(38)42(53)34(35)25-57-44(46)55)59-43(54)39(26(2)3)50-41(52)36(47)18-11-12-20-48-45(56)58-24-33-31-16-8-6-14-29(31)30-15-7-9-17-32(30)33/h5-10,13-17,19,21-22,26,33,36,39H,4,11-12,18,20,23-25,47H2,1-3H3,(H,48,56)(H,50,52)/t36-,39-,46?/m0/s1. The first-order valence-electron chi connectivity index (χ1n) is 20.2. The second kappa shape index (κ2) is 16.1. The normalized spacial score (nSPS) is 17.2. The number of alkyl carbamates (subject to hydrolysis) is 1. The van der Waals surface area contributed by atoms with Gasteiger partial charge in [-0.3, -0.25) is 9.59 Å². The van der Waals surface area contributed by atoms with E-state index in [-0.39, 0.29) is 48.7 Å². The second-order valence-corrected chi connectivity index (χ2v) is 15.8. The summed E-state index contributed by atoms with van der Waals surface area (Å²) in [6.07, 6.45) is 0.807. The fourth-order valence-electron chi connectivity index (χ4n) is 8.54. The summed E-state index contributed by atoms with van der Waals surface area (Å²) in [7, 11) is 0. The summed E-state index contributed by atoms with van der Waals surface area (Å²) < 4.78 is 18.8. The van der Waals surface area contributed by atoms with Gasteiger partial charge in [-0.05, 0) is 72.1 Å². The zero-order chi connectivity index (χ0) is 41.4. The van der Waals surface area contributed by atoms with E-state index in [1.165, 1.54) is 0 Å². The molecule has 0 saturated carbocycles. The maximum Gasteiger partial charge on any atom is 0.407 e. The number of hydrogen-bond donors (Lipinski definition) is 3. The number of carbonyl (C=O) groups is 4. The number of rotatable bonds is 13. The van der Waals surface area contributed by atoms with Crippen LogP contribution >= 0.6 is 0 Å². The lowest BCUT2D eigenvalue weighted by atomic mass is 9.85. The van der Waals surface area contributed by atoms with Crippen LogP contribution in [0.15, 0.2) is 89.7 Å². The summed E-state index contributed by atoms with van der Waals surface area (Å²) in [5.74, 6) is -2.70. The summed E-state index contributed by atoms with van der Waals surface area (Å²) >= 11 is 0. The Hall–Kier alpha value is -6.34. The number of pyridine rings is 2. The van der Waals surface area contributed by atoms with Crippen LogP contribution in [0.25, 0.3) is 33.4 Å². The number of ether oxygens (including phenoxy) is 3. The number of benzene rings is 3. The van der Waals surface area contributed by atoms with E-state index in [1.54, 1.807) is 31.4 Å². The molecule has 304 valence electrons. The van der Waals surface area contributed by atoms with Crippen LogP contribution in [0, 0.1) is 5.92 Å². The number of carbonyl (C=O) groups excluding carboxylic acids is 4. The predicted molar refractivity (Wildman–Crippen MR) is 220 cm³/mol. The van der Waals surface area contributed by atoms with Crippen molar-refractivity contribution in [1.82, 2.24) is 20.2 Å². The van der Waals surface area contributed by atoms with E-state index in [9.17, 15) is 24.0 Å². The minimum Gasteiger partial charge on any atom is -0.457 e. The van der Waals surface area contributed by atoms with Gasteiger partial charge in [-0.25, -0.2) is 19.4 Å². The molecule has 0 radical (unpaired) electrons. The molecule has 1 unspecified atom stereocenters. The highest BCUT2D eigenvalue weighted by atomic mass is 16.6. The van der Waals surface area contributed by atoms with Crippen molar-refractivity contribution in [3.8, 4) is 22.5 Å². The number of para-hydroxylation sites is 1. The lowest BCUT2D eigenvalue weighted by molar-refractivity contribution is -0.191. The summed E-state index contributed by atoms with van der Waals surface area (Å²) in [4.78, 5) is 72.3. The van der Waals surface area contributed by atoms with Crippen LogP contribution in [0.4, 0.5) is 4.79 Å². The van der Waals surface area contributed by atoms with E-state index in [4.69, 9.17) is 24.9 Å². The molecule has 3 aromatic carbocycles. The molecule has 3 atom stereocenters. The SMILES string of the molecule is CCC1(OC(=O)[C@@H](NC(=O)[C@@H](N)CCCCNC(=O)OCC2c3ccccc3-c3ccccc32)C(C)C)C(=O)OCc2c1cc1n(c2=O)Cc2cc3ccccc3nc2-1. The molecule has 5 aromatic rings. The molecule has 4 N–H and O–H groups in total. The number of unbranched alkanes of at least 4 members (excludes halogenated alkanes) is 1. The van der Waals surface area contributed by atoms with E-state index < -0.39 is 47.5 Å². The number of hydrogen-bond acceptors (Lipinski definition) is 10. The van der Waals surface area contributed by atoms with Crippen molar-refractivity contribution in [2.75, 3.05) is 13.2 Å². The number of esters is 2. The zero-order valence-electron chi connectivity index (χ0n) is 33.3. The summed E-state index contributed by atoms with van der Waals surface area (Å²) in [5.41, 5.74) is 11.8. The van der Waals surface area contributed by atoms with Gasteiger partial charge in [-0.2, -0.15) is 0 Å². The van der Waals surface area contributed by atoms with Crippen LogP contribution in [-0.2, 0) is 47.3 Å². The molecule has 13 nitrogen and oxygen atoms in total. The third-order valence-electron chi connectivity index (χ3n) is 11.8. The van der Waals surface area contributed by atoms with Crippen LogP contribution in [0.2, 0.25) is 0 Å². The first-order valence-corrected chi connectivity index (χ1v) is 20.2. The van der Waals surface area contributed by atoms with Gasteiger partial charge in [0.25, 0.3) is 5.56 Å². The molecule has 13 heteroatoms. The van der Waals surface area contributed by atoms with E-state index in [2.05, 4.69) is 34.9 Å². The molecule has 0 fully saturated rings. The monoisotopic (exact) mass is 797 g/mol. The molecule has 1 aliphatic carbocycles. The average Bonchev–Trinajstić information content (AvgIpc) is 3.76. The highest BCUT2D eigenvalue weighted by Gasteiger charge is 2.51. The van der Waals surface area contributed by atoms with Crippen molar-refractivity contribution < 1.29 is 33.4 Å². The van der Waals surface area contributed by atoms with Crippen molar-refractivity contribution in [2.45, 2.75) is 83.2 Å². The maximum atomic E-state index is 14.0. The Bertz CT molecular complexity index is 2500. The molecule has 2 aliphatic heterocycles. The Balaban J connectivity index is 0.870. The summed E-state index contributed by atoms with van der Waals surface area (Å²) in [6, 6.07) is 25.5. The third kappa shape index (κ3) is 7.24. The lowest BCUT2D eigenvalue weighted by Crippen LogP contribution is -2.54. The third-order valence-corrected chi connectivity index (χ3v) is 11.8. The van der Waals surface area contributed by atoms with Crippen LogP contribution in [0.1, 0.15) is 80.2 Å². The lowest BCUT2D eigenvalue weighted by Gasteiger charge is -2.37. The van der Waals surface area contributed by atoms with Gasteiger partial charge in [0, 0.05) is 29.0 Å². The minimum atomic E-state index is -1.93. The van der Waals surface area contributed by atoms with Crippen molar-refractivity contribution in [2.24, 2.45) is 11.7 Å². The number of amides is 2. The topological polar surface area (TPSA) is 181 Å². The quantitative estimate of drug-likeness (QED) is 0.0734. The number of nitrogens with zero attached hydrogens (tertiary/aromatic N) is 2. The minimum absolute atomic E-state index is 0.0200. The number of fused-ring (bicyclic) bond motifs is 8. The maximum absolute atomic E-state index is 14.0. The van der Waals surface area contributed by atoms with Gasteiger partial charge in [-0.15, -0.1) is 0 Å². The molecule has 0 spiro atoms. The number of nitrogens with two attached hydrogens (primary N) is 1. The summed E-state index contributed by atoms with van der Waals surface area (Å²) in [5, 5.41) is 6.45. The zero-order valence-corrected chi connectivity index (χ0v) is 33.3. The van der Waals surface area contributed by atoms with Crippen molar-refractivity contribution >= 4 is 34.8 Å². The highest BCUT2D eigenvalue weighted by Crippen LogP contribution is 2.45. The Morgan fingerprint density at radius 3 is 2.37 bits per heavy atom. The van der Waals surface area contributed by atoms with Gasteiger partial charge in [-0.1, -0.05) is 87.5 Å². The second-order valence-electron chi connectivity index (χ2n) is 15.8. The van der Waals surface area contributed by atoms with Gasteiger partial charge in [0.1, 0.15) is 19.3 Å². The Morgan fingerprint density at radius 2 is 1.66 bits per heavy atom. The predicted octanol–water partition coefficient (Wildman–Crippen LogP) is 5.81. The van der Waals surface area contributed by atoms with Crippen molar-refractivity contribution in [3.63, 3.8) is 0 Å². The average molecular weight is 798 g/mol. The molecule has 0 saturated heterocycles. The molecule has 59 heavy (non-hydrogen) atoms. The van der Waals surface area contributed by atoms with Crippen molar-refractivity contribution in [1.29, 1.82) is 0 Å². The first-order chi connectivity index (χ1) is 28.5. The molecule has 0 bridgehead atoms. The molecule has 8 rings (SSSR count). The largest absolute Gasteiger partial charge is 0.457 e. The van der Waals surface area contributed by atoms with E-state index in [1.807, 2.05) is 54.6 Å². The van der Waals surface area contributed by atoms with Gasteiger partial charge >= 0.3 is 18.0 Å².